The van der Waals surface area contributed by atoms with Gasteiger partial charge in [0.2, 0.25) is 0 Å². The molecule has 1 unspecified atom stereocenters. The number of likely N-dealkylation sites (tertiary alicyclic amines) is 1. The SMILES string of the molecule is Cc1c(NN)nc(C(C)C)nc1NC(C)CN1CCCC1. The van der Waals surface area contributed by atoms with Gasteiger partial charge in [0.1, 0.15) is 17.5 Å². The van der Waals surface area contributed by atoms with Crippen molar-refractivity contribution in [2.75, 3.05) is 30.4 Å². The molecule has 1 atom stereocenters. The highest BCUT2D eigenvalue weighted by Gasteiger charge is 2.17. The molecular formula is C15H28N6. The molecule has 6 heteroatoms. The summed E-state index contributed by atoms with van der Waals surface area (Å²) >= 11 is 0. The second-order valence-electron chi connectivity index (χ2n) is 6.26. The summed E-state index contributed by atoms with van der Waals surface area (Å²) in [5.41, 5.74) is 3.64. The summed E-state index contributed by atoms with van der Waals surface area (Å²) in [6, 6.07) is 0.349. The van der Waals surface area contributed by atoms with Crippen molar-refractivity contribution in [2.24, 2.45) is 5.84 Å². The van der Waals surface area contributed by atoms with Gasteiger partial charge in [-0.3, -0.25) is 0 Å². The molecule has 1 aromatic rings. The molecule has 1 aliphatic heterocycles. The van der Waals surface area contributed by atoms with Crippen molar-refractivity contribution < 1.29 is 0 Å². The number of rotatable bonds is 6. The number of aromatic nitrogens is 2. The molecule has 1 aliphatic rings. The Bertz CT molecular complexity index is 467. The molecule has 4 N–H and O–H groups in total. The number of nitrogen functional groups attached to an aromatic ring is 1. The number of anilines is 2. The van der Waals surface area contributed by atoms with Crippen LogP contribution in [0.1, 0.15) is 50.9 Å². The van der Waals surface area contributed by atoms with Crippen LogP contribution in [0.2, 0.25) is 0 Å². The molecule has 0 amide bonds. The van der Waals surface area contributed by atoms with Gasteiger partial charge in [0.25, 0.3) is 0 Å². The van der Waals surface area contributed by atoms with Gasteiger partial charge in [0, 0.05) is 24.1 Å². The Balaban J connectivity index is 2.11. The highest BCUT2D eigenvalue weighted by atomic mass is 15.3. The third kappa shape index (κ3) is 4.04. The van der Waals surface area contributed by atoms with Crippen LogP contribution in [-0.4, -0.2) is 40.5 Å². The first kappa shape index (κ1) is 16.0. The summed E-state index contributed by atoms with van der Waals surface area (Å²) in [7, 11) is 0. The molecule has 2 rings (SSSR count). The molecule has 0 saturated carbocycles. The van der Waals surface area contributed by atoms with E-state index in [1.165, 1.54) is 25.9 Å². The predicted octanol–water partition coefficient (Wildman–Crippen LogP) is 2.09. The Morgan fingerprint density at radius 2 is 1.76 bits per heavy atom. The van der Waals surface area contributed by atoms with Crippen LogP contribution >= 0.6 is 0 Å². The number of nitrogens with one attached hydrogen (secondary N) is 2. The molecule has 0 aliphatic carbocycles. The second kappa shape index (κ2) is 7.04. The molecule has 6 nitrogen and oxygen atoms in total. The third-order valence-electron chi connectivity index (χ3n) is 3.93. The zero-order valence-electron chi connectivity index (χ0n) is 13.6. The lowest BCUT2D eigenvalue weighted by Gasteiger charge is -2.23. The molecular weight excluding hydrogens is 264 g/mol. The van der Waals surface area contributed by atoms with Crippen LogP contribution in [0.15, 0.2) is 0 Å². The van der Waals surface area contributed by atoms with Crippen LogP contribution in [0, 0.1) is 6.92 Å². The number of hydrogen-bond donors (Lipinski definition) is 3. The predicted molar refractivity (Wildman–Crippen MR) is 87.4 cm³/mol. The lowest BCUT2D eigenvalue weighted by Crippen LogP contribution is -2.33. The van der Waals surface area contributed by atoms with Crippen LogP contribution in [-0.2, 0) is 0 Å². The topological polar surface area (TPSA) is 79.1 Å². The fraction of sp³-hybridized carbons (Fsp3) is 0.733. The van der Waals surface area contributed by atoms with E-state index < -0.39 is 0 Å². The molecule has 21 heavy (non-hydrogen) atoms. The Morgan fingerprint density at radius 3 is 2.33 bits per heavy atom. The van der Waals surface area contributed by atoms with Crippen LogP contribution in [0.3, 0.4) is 0 Å². The minimum absolute atomic E-state index is 0.270. The first-order valence-electron chi connectivity index (χ1n) is 7.85. The minimum Gasteiger partial charge on any atom is -0.366 e. The number of nitrogens with two attached hydrogens (primary N) is 1. The average molecular weight is 292 g/mol. The Labute approximate surface area is 127 Å². The lowest BCUT2D eigenvalue weighted by molar-refractivity contribution is 0.327. The highest BCUT2D eigenvalue weighted by molar-refractivity contribution is 5.57. The monoisotopic (exact) mass is 292 g/mol. The Hall–Kier alpha value is -1.40. The fourth-order valence-electron chi connectivity index (χ4n) is 2.70. The summed E-state index contributed by atoms with van der Waals surface area (Å²) in [6.45, 7) is 11.8. The summed E-state index contributed by atoms with van der Waals surface area (Å²) in [6.07, 6.45) is 2.63. The first-order valence-corrected chi connectivity index (χ1v) is 7.85. The van der Waals surface area contributed by atoms with Crippen molar-refractivity contribution in [3.8, 4) is 0 Å². The van der Waals surface area contributed by atoms with Crippen LogP contribution in [0.5, 0.6) is 0 Å². The molecule has 1 saturated heterocycles. The van der Waals surface area contributed by atoms with Crippen LogP contribution in [0.4, 0.5) is 11.6 Å². The Morgan fingerprint density at radius 1 is 1.14 bits per heavy atom. The van der Waals surface area contributed by atoms with Gasteiger partial charge in [0.05, 0.1) is 0 Å². The fourth-order valence-corrected chi connectivity index (χ4v) is 2.70. The van der Waals surface area contributed by atoms with Crippen LogP contribution < -0.4 is 16.6 Å². The summed E-state index contributed by atoms with van der Waals surface area (Å²) in [5, 5.41) is 3.52. The molecule has 1 fully saturated rings. The van der Waals surface area contributed by atoms with E-state index in [9.17, 15) is 0 Å². The van der Waals surface area contributed by atoms with Gasteiger partial charge in [-0.25, -0.2) is 15.8 Å². The normalized spacial score (nSPS) is 17.2. The van der Waals surface area contributed by atoms with Crippen molar-refractivity contribution in [1.82, 2.24) is 14.9 Å². The quantitative estimate of drug-likeness (QED) is 0.550. The van der Waals surface area contributed by atoms with Gasteiger partial charge in [-0.2, -0.15) is 0 Å². The van der Waals surface area contributed by atoms with E-state index in [1.54, 1.807) is 0 Å². The molecule has 0 radical (unpaired) electrons. The summed E-state index contributed by atoms with van der Waals surface area (Å²) in [5.74, 6) is 8.24. The molecule has 118 valence electrons. The first-order chi connectivity index (χ1) is 10.0. The summed E-state index contributed by atoms with van der Waals surface area (Å²) in [4.78, 5) is 11.6. The van der Waals surface area contributed by atoms with Crippen molar-refractivity contribution in [3.63, 3.8) is 0 Å². The Kier molecular flexibility index (Phi) is 5.36. The van der Waals surface area contributed by atoms with Crippen molar-refractivity contribution in [2.45, 2.75) is 52.5 Å². The van der Waals surface area contributed by atoms with Crippen molar-refractivity contribution >= 4 is 11.6 Å². The number of nitrogens with zero attached hydrogens (tertiary/aromatic N) is 3. The molecule has 0 aromatic carbocycles. The van der Waals surface area contributed by atoms with E-state index in [1.807, 2.05) is 6.92 Å². The molecule has 2 heterocycles. The maximum atomic E-state index is 5.58. The molecule has 1 aromatic heterocycles. The van der Waals surface area contributed by atoms with E-state index in [-0.39, 0.29) is 5.92 Å². The molecule has 0 bridgehead atoms. The van der Waals surface area contributed by atoms with Crippen molar-refractivity contribution in [1.29, 1.82) is 0 Å². The van der Waals surface area contributed by atoms with Gasteiger partial charge >= 0.3 is 0 Å². The minimum atomic E-state index is 0.270. The van der Waals surface area contributed by atoms with Gasteiger partial charge in [-0.15, -0.1) is 0 Å². The van der Waals surface area contributed by atoms with Gasteiger partial charge in [-0.1, -0.05) is 13.8 Å². The van der Waals surface area contributed by atoms with Crippen LogP contribution in [0.25, 0.3) is 0 Å². The maximum absolute atomic E-state index is 5.58. The summed E-state index contributed by atoms with van der Waals surface area (Å²) < 4.78 is 0. The zero-order valence-corrected chi connectivity index (χ0v) is 13.6. The highest BCUT2D eigenvalue weighted by Crippen LogP contribution is 2.23. The standard InChI is InChI=1S/C15H28N6/c1-10(2)13-18-14(12(4)15(19-13)20-16)17-11(3)9-21-7-5-6-8-21/h10-11H,5-9,16H2,1-4H3,(H2,17,18,19,20). The maximum Gasteiger partial charge on any atom is 0.148 e. The van der Waals surface area contributed by atoms with E-state index in [4.69, 9.17) is 5.84 Å². The third-order valence-corrected chi connectivity index (χ3v) is 3.93. The second-order valence-corrected chi connectivity index (χ2v) is 6.26. The smallest absolute Gasteiger partial charge is 0.148 e. The van der Waals surface area contributed by atoms with Gasteiger partial charge < -0.3 is 15.6 Å². The van der Waals surface area contributed by atoms with E-state index >= 15 is 0 Å². The van der Waals surface area contributed by atoms with E-state index in [0.717, 1.165) is 23.8 Å². The van der Waals surface area contributed by atoms with Gasteiger partial charge in [0.15, 0.2) is 0 Å². The van der Waals surface area contributed by atoms with Crippen molar-refractivity contribution in [3.05, 3.63) is 11.4 Å². The van der Waals surface area contributed by atoms with E-state index in [0.29, 0.717) is 11.9 Å². The average Bonchev–Trinajstić information content (AvgIpc) is 2.93. The molecule has 0 spiro atoms. The largest absolute Gasteiger partial charge is 0.366 e. The lowest BCUT2D eigenvalue weighted by atomic mass is 10.2. The number of hydrogen-bond acceptors (Lipinski definition) is 6. The van der Waals surface area contributed by atoms with E-state index in [2.05, 4.69) is 46.4 Å². The van der Waals surface area contributed by atoms with Gasteiger partial charge in [-0.05, 0) is 39.8 Å². The zero-order chi connectivity index (χ0) is 15.4. The number of hydrazine groups is 1.